The Hall–Kier alpha value is 0.190. The summed E-state index contributed by atoms with van der Waals surface area (Å²) in [4.78, 5) is 9.70. The average molecular weight is 204 g/mol. The maximum absolute atomic E-state index is 11.7. The molecule has 0 aromatic heterocycles. The van der Waals surface area contributed by atoms with Crippen molar-refractivity contribution in [2.45, 2.75) is 51.6 Å². The van der Waals surface area contributed by atoms with Crippen LogP contribution in [0.5, 0.6) is 0 Å². The topological polar surface area (TPSA) is 37.3 Å². The molecule has 1 rings (SSSR count). The Bertz CT molecular complexity index is 197. The molecule has 0 aromatic rings. The standard InChI is InChI=1S/C10H21O2P/c1-3-13(11,12)9(2)10-7-5-4-6-8-10/h9-10H,3-8H2,1-2H3,(H,11,12). The van der Waals surface area contributed by atoms with E-state index in [4.69, 9.17) is 0 Å². The third-order valence-corrected chi connectivity index (χ3v) is 6.02. The summed E-state index contributed by atoms with van der Waals surface area (Å²) < 4.78 is 11.7. The maximum Gasteiger partial charge on any atom is 0.203 e. The monoisotopic (exact) mass is 204 g/mol. The maximum atomic E-state index is 11.7. The second-order valence-corrected chi connectivity index (χ2v) is 7.17. The van der Waals surface area contributed by atoms with Crippen LogP contribution in [0.2, 0.25) is 0 Å². The van der Waals surface area contributed by atoms with Crippen LogP contribution in [0, 0.1) is 5.92 Å². The minimum absolute atomic E-state index is 0.0257. The van der Waals surface area contributed by atoms with E-state index < -0.39 is 7.37 Å². The zero-order chi connectivity index (χ0) is 9.90. The van der Waals surface area contributed by atoms with Crippen molar-refractivity contribution in [3.05, 3.63) is 0 Å². The molecule has 1 saturated carbocycles. The molecule has 0 saturated heterocycles. The molecule has 0 radical (unpaired) electrons. The van der Waals surface area contributed by atoms with Crippen LogP contribution in [0.3, 0.4) is 0 Å². The van der Waals surface area contributed by atoms with Gasteiger partial charge in [0.2, 0.25) is 7.37 Å². The first-order valence-electron chi connectivity index (χ1n) is 5.39. The first-order chi connectivity index (χ1) is 6.08. The van der Waals surface area contributed by atoms with E-state index in [2.05, 4.69) is 0 Å². The van der Waals surface area contributed by atoms with Gasteiger partial charge < -0.3 is 4.89 Å². The van der Waals surface area contributed by atoms with Crippen molar-refractivity contribution in [2.75, 3.05) is 6.16 Å². The van der Waals surface area contributed by atoms with Crippen LogP contribution in [0.15, 0.2) is 0 Å². The van der Waals surface area contributed by atoms with Crippen molar-refractivity contribution in [3.8, 4) is 0 Å². The smallest absolute Gasteiger partial charge is 0.203 e. The van der Waals surface area contributed by atoms with Gasteiger partial charge in [0.05, 0.1) is 0 Å². The molecule has 2 nitrogen and oxygen atoms in total. The molecule has 0 amide bonds. The summed E-state index contributed by atoms with van der Waals surface area (Å²) >= 11 is 0. The van der Waals surface area contributed by atoms with Crippen LogP contribution in [0.25, 0.3) is 0 Å². The number of hydrogen-bond acceptors (Lipinski definition) is 1. The summed E-state index contributed by atoms with van der Waals surface area (Å²) in [7, 11) is -2.83. The molecule has 0 bridgehead atoms. The van der Waals surface area contributed by atoms with E-state index in [1.54, 1.807) is 0 Å². The van der Waals surface area contributed by atoms with Gasteiger partial charge in [0.25, 0.3) is 0 Å². The van der Waals surface area contributed by atoms with Crippen LogP contribution >= 0.6 is 7.37 Å². The molecule has 1 fully saturated rings. The normalized spacial score (nSPS) is 26.7. The van der Waals surface area contributed by atoms with Crippen molar-refractivity contribution in [1.82, 2.24) is 0 Å². The Morgan fingerprint density at radius 3 is 2.38 bits per heavy atom. The third-order valence-electron chi connectivity index (χ3n) is 3.42. The van der Waals surface area contributed by atoms with E-state index in [1.165, 1.54) is 19.3 Å². The average Bonchev–Trinajstić information content (AvgIpc) is 2.18. The molecule has 13 heavy (non-hydrogen) atoms. The quantitative estimate of drug-likeness (QED) is 0.716. The second-order valence-electron chi connectivity index (χ2n) is 4.21. The van der Waals surface area contributed by atoms with Gasteiger partial charge in [-0.3, -0.25) is 4.57 Å². The molecule has 0 spiro atoms. The van der Waals surface area contributed by atoms with Crippen molar-refractivity contribution in [1.29, 1.82) is 0 Å². The summed E-state index contributed by atoms with van der Waals surface area (Å²) in [5, 5.41) is 0. The summed E-state index contributed by atoms with van der Waals surface area (Å²) in [6.07, 6.45) is 6.56. The number of hydrogen-bond donors (Lipinski definition) is 1. The molecule has 1 N–H and O–H groups in total. The van der Waals surface area contributed by atoms with Gasteiger partial charge in [0, 0.05) is 11.8 Å². The van der Waals surface area contributed by atoms with Crippen LogP contribution in [-0.4, -0.2) is 16.7 Å². The predicted octanol–water partition coefficient (Wildman–Crippen LogP) is 3.25. The highest BCUT2D eigenvalue weighted by Crippen LogP contribution is 2.51. The fraction of sp³-hybridized carbons (Fsp3) is 1.00. The van der Waals surface area contributed by atoms with Crippen LogP contribution in [0.1, 0.15) is 46.0 Å². The molecule has 2 atom stereocenters. The van der Waals surface area contributed by atoms with Crippen LogP contribution < -0.4 is 0 Å². The fourth-order valence-electron chi connectivity index (χ4n) is 2.23. The van der Waals surface area contributed by atoms with Crippen molar-refractivity contribution in [3.63, 3.8) is 0 Å². The van der Waals surface area contributed by atoms with Crippen molar-refractivity contribution >= 4 is 7.37 Å². The lowest BCUT2D eigenvalue weighted by atomic mass is 9.87. The molecule has 3 heteroatoms. The fourth-order valence-corrected chi connectivity index (χ4v) is 3.77. The minimum Gasteiger partial charge on any atom is -0.344 e. The first-order valence-corrected chi connectivity index (χ1v) is 7.31. The molecule has 78 valence electrons. The van der Waals surface area contributed by atoms with Crippen LogP contribution in [0.4, 0.5) is 0 Å². The van der Waals surface area contributed by atoms with Crippen molar-refractivity contribution in [2.24, 2.45) is 5.92 Å². The van der Waals surface area contributed by atoms with E-state index in [1.807, 2.05) is 13.8 Å². The van der Waals surface area contributed by atoms with Gasteiger partial charge in [-0.1, -0.05) is 33.1 Å². The van der Waals surface area contributed by atoms with Crippen molar-refractivity contribution < 1.29 is 9.46 Å². The highest BCUT2D eigenvalue weighted by Gasteiger charge is 2.32. The van der Waals surface area contributed by atoms with Gasteiger partial charge >= 0.3 is 0 Å². The van der Waals surface area contributed by atoms with Crippen LogP contribution in [-0.2, 0) is 4.57 Å². The zero-order valence-corrected chi connectivity index (χ0v) is 9.59. The minimum atomic E-state index is -2.83. The molecule has 1 aliphatic carbocycles. The lowest BCUT2D eigenvalue weighted by Crippen LogP contribution is -2.21. The first kappa shape index (κ1) is 11.3. The molecular formula is C10H21O2P. The Labute approximate surface area is 81.2 Å². The second kappa shape index (κ2) is 4.61. The van der Waals surface area contributed by atoms with Gasteiger partial charge in [-0.05, 0) is 18.8 Å². The zero-order valence-electron chi connectivity index (χ0n) is 8.70. The predicted molar refractivity (Wildman–Crippen MR) is 56.4 cm³/mol. The van der Waals surface area contributed by atoms with E-state index in [9.17, 15) is 9.46 Å². The largest absolute Gasteiger partial charge is 0.344 e. The molecule has 0 aromatic carbocycles. The summed E-state index contributed by atoms with van der Waals surface area (Å²) in [5.41, 5.74) is 0.0257. The number of rotatable bonds is 3. The van der Waals surface area contributed by atoms with E-state index in [-0.39, 0.29) is 5.66 Å². The molecule has 0 aliphatic heterocycles. The summed E-state index contributed by atoms with van der Waals surface area (Å²) in [6, 6.07) is 0. The van der Waals surface area contributed by atoms with Gasteiger partial charge in [0.15, 0.2) is 0 Å². The van der Waals surface area contributed by atoms with E-state index in [0.29, 0.717) is 12.1 Å². The molecular weight excluding hydrogens is 183 g/mol. The van der Waals surface area contributed by atoms with E-state index in [0.717, 1.165) is 12.8 Å². The van der Waals surface area contributed by atoms with E-state index >= 15 is 0 Å². The van der Waals surface area contributed by atoms with Gasteiger partial charge in [-0.2, -0.15) is 0 Å². The van der Waals surface area contributed by atoms with Gasteiger partial charge in [-0.15, -0.1) is 0 Å². The lowest BCUT2D eigenvalue weighted by Gasteiger charge is -2.30. The molecule has 0 heterocycles. The SMILES string of the molecule is CCP(=O)(O)C(C)C1CCCCC1. The molecule has 2 unspecified atom stereocenters. The van der Waals surface area contributed by atoms with Gasteiger partial charge in [-0.25, -0.2) is 0 Å². The third kappa shape index (κ3) is 2.82. The Morgan fingerprint density at radius 1 is 1.38 bits per heavy atom. The lowest BCUT2D eigenvalue weighted by molar-refractivity contribution is 0.333. The van der Waals surface area contributed by atoms with Gasteiger partial charge in [0.1, 0.15) is 0 Å². The highest BCUT2D eigenvalue weighted by atomic mass is 31.2. The summed E-state index contributed by atoms with van der Waals surface area (Å²) in [5.74, 6) is 0.504. The highest BCUT2D eigenvalue weighted by molar-refractivity contribution is 7.58. The Kier molecular flexibility index (Phi) is 4.00. The molecule has 1 aliphatic rings. The summed E-state index contributed by atoms with van der Waals surface area (Å²) in [6.45, 7) is 3.78. The Balaban J connectivity index is 2.54. The Morgan fingerprint density at radius 2 is 1.92 bits per heavy atom.